The van der Waals surface area contributed by atoms with Crippen molar-refractivity contribution < 1.29 is 19.5 Å². The molecule has 2 saturated heterocycles. The minimum Gasteiger partial charge on any atom is -0.508 e. The first kappa shape index (κ1) is 21.1. The maximum absolute atomic E-state index is 13.2. The fourth-order valence-electron chi connectivity index (χ4n) is 4.25. The van der Waals surface area contributed by atoms with Crippen molar-refractivity contribution in [2.45, 2.75) is 45.2 Å². The smallest absolute Gasteiger partial charge is 0.328 e. The summed E-state index contributed by atoms with van der Waals surface area (Å²) in [4.78, 5) is 42.4. The molecular weight excluding hydrogens is 372 g/mol. The number of carbonyl (C=O) groups is 3. The van der Waals surface area contributed by atoms with E-state index in [1.54, 1.807) is 17.0 Å². The molecule has 0 saturated carbocycles. The topological polar surface area (TPSA) is 107 Å². The number of likely N-dealkylation sites (tertiary alicyclic amines) is 1. The second-order valence-corrected chi connectivity index (χ2v) is 8.45. The Morgan fingerprint density at radius 1 is 1.24 bits per heavy atom. The number of hydrogen-bond acceptors (Lipinski definition) is 5. The van der Waals surface area contributed by atoms with Crippen LogP contribution in [-0.4, -0.2) is 69.4 Å². The molecular formula is C21H30N4O4. The van der Waals surface area contributed by atoms with E-state index in [1.165, 1.54) is 0 Å². The van der Waals surface area contributed by atoms with E-state index in [-0.39, 0.29) is 18.2 Å². The molecule has 2 fully saturated rings. The number of rotatable bonds is 7. The molecule has 0 aliphatic carbocycles. The lowest BCUT2D eigenvalue weighted by Gasteiger charge is -2.42. The number of carbonyl (C=O) groups excluding carboxylic acids is 3. The van der Waals surface area contributed by atoms with Crippen molar-refractivity contribution in [3.63, 3.8) is 0 Å². The Kier molecular flexibility index (Phi) is 6.12. The molecule has 1 spiro atoms. The van der Waals surface area contributed by atoms with E-state index in [0.29, 0.717) is 44.9 Å². The number of imide groups is 1. The summed E-state index contributed by atoms with van der Waals surface area (Å²) >= 11 is 0. The summed E-state index contributed by atoms with van der Waals surface area (Å²) in [5.74, 6) is -0.364. The van der Waals surface area contributed by atoms with E-state index in [0.717, 1.165) is 16.9 Å². The van der Waals surface area contributed by atoms with Crippen LogP contribution in [0.1, 0.15) is 38.7 Å². The zero-order chi connectivity index (χ0) is 21.2. The number of primary amides is 1. The molecule has 2 aliphatic heterocycles. The van der Waals surface area contributed by atoms with Crippen LogP contribution < -0.4 is 5.73 Å². The van der Waals surface area contributed by atoms with Crippen LogP contribution in [-0.2, 0) is 16.1 Å². The standard InChI is InChI=1S/C21H30N4O4/c1-15(2)6-9-25-20(29)24(14-18(22)27)19(28)21(25)7-10-23(11-8-21)13-16-4-3-5-17(26)12-16/h3-5,12,15,26H,6-11,13-14H2,1-2H3,(H2,22,27). The van der Waals surface area contributed by atoms with Crippen molar-refractivity contribution in [3.8, 4) is 5.75 Å². The Bertz CT molecular complexity index is 787. The molecule has 3 rings (SSSR count). The fourth-order valence-corrected chi connectivity index (χ4v) is 4.25. The van der Waals surface area contributed by atoms with Gasteiger partial charge in [0.2, 0.25) is 5.91 Å². The number of urea groups is 1. The van der Waals surface area contributed by atoms with E-state index in [2.05, 4.69) is 18.7 Å². The Balaban J connectivity index is 1.75. The number of hydrogen-bond donors (Lipinski definition) is 2. The number of nitrogens with two attached hydrogens (primary N) is 1. The molecule has 8 nitrogen and oxygen atoms in total. The van der Waals surface area contributed by atoms with Crippen LogP contribution in [0.5, 0.6) is 5.75 Å². The van der Waals surface area contributed by atoms with Crippen molar-refractivity contribution >= 4 is 17.8 Å². The van der Waals surface area contributed by atoms with Gasteiger partial charge in [-0.1, -0.05) is 26.0 Å². The van der Waals surface area contributed by atoms with Gasteiger partial charge in [-0.2, -0.15) is 0 Å². The fraction of sp³-hybridized carbons (Fsp3) is 0.571. The van der Waals surface area contributed by atoms with Crippen LogP contribution in [0.3, 0.4) is 0 Å². The van der Waals surface area contributed by atoms with Crippen molar-refractivity contribution in [2.24, 2.45) is 11.7 Å². The third kappa shape index (κ3) is 4.37. The molecule has 0 aromatic heterocycles. The lowest BCUT2D eigenvalue weighted by molar-refractivity contribution is -0.137. The quantitative estimate of drug-likeness (QED) is 0.673. The third-order valence-electron chi connectivity index (χ3n) is 5.87. The van der Waals surface area contributed by atoms with Crippen molar-refractivity contribution in [1.82, 2.24) is 14.7 Å². The van der Waals surface area contributed by atoms with Gasteiger partial charge in [0, 0.05) is 26.2 Å². The summed E-state index contributed by atoms with van der Waals surface area (Å²) in [7, 11) is 0. The lowest BCUT2D eigenvalue weighted by Crippen LogP contribution is -2.56. The molecule has 1 aromatic carbocycles. The summed E-state index contributed by atoms with van der Waals surface area (Å²) < 4.78 is 0. The SMILES string of the molecule is CC(C)CCN1C(=O)N(CC(N)=O)C(=O)C12CCN(Cc1cccc(O)c1)CC2. The van der Waals surface area contributed by atoms with Crippen LogP contribution in [0.25, 0.3) is 0 Å². The average Bonchev–Trinajstić information content (AvgIpc) is 2.83. The number of phenols is 1. The maximum atomic E-state index is 13.2. The highest BCUT2D eigenvalue weighted by molar-refractivity contribution is 6.09. The summed E-state index contributed by atoms with van der Waals surface area (Å²) in [6, 6.07) is 6.73. The number of nitrogens with zero attached hydrogens (tertiary/aromatic N) is 3. The van der Waals surface area contributed by atoms with Crippen molar-refractivity contribution in [3.05, 3.63) is 29.8 Å². The van der Waals surface area contributed by atoms with Gasteiger partial charge in [-0.05, 0) is 42.9 Å². The lowest BCUT2D eigenvalue weighted by atomic mass is 9.85. The molecule has 4 amide bonds. The van der Waals surface area contributed by atoms with Crippen LogP contribution in [0.15, 0.2) is 24.3 Å². The Morgan fingerprint density at radius 2 is 1.93 bits per heavy atom. The minimum absolute atomic E-state index is 0.231. The van der Waals surface area contributed by atoms with Crippen molar-refractivity contribution in [2.75, 3.05) is 26.2 Å². The maximum Gasteiger partial charge on any atom is 0.328 e. The molecule has 0 radical (unpaired) electrons. The van der Waals surface area contributed by atoms with E-state index in [9.17, 15) is 19.5 Å². The van der Waals surface area contributed by atoms with Gasteiger partial charge in [-0.3, -0.25) is 19.4 Å². The number of aromatic hydroxyl groups is 1. The zero-order valence-electron chi connectivity index (χ0n) is 17.1. The number of benzene rings is 1. The van der Waals surface area contributed by atoms with Gasteiger partial charge in [0.25, 0.3) is 5.91 Å². The molecule has 8 heteroatoms. The zero-order valence-corrected chi connectivity index (χ0v) is 17.1. The summed E-state index contributed by atoms with van der Waals surface area (Å²) in [5.41, 5.74) is 5.38. The van der Waals surface area contributed by atoms with E-state index < -0.39 is 17.5 Å². The predicted molar refractivity (Wildman–Crippen MR) is 108 cm³/mol. The molecule has 29 heavy (non-hydrogen) atoms. The highest BCUT2D eigenvalue weighted by Gasteiger charge is 2.57. The van der Waals surface area contributed by atoms with Gasteiger partial charge in [-0.25, -0.2) is 4.79 Å². The first-order valence-corrected chi connectivity index (χ1v) is 10.1. The van der Waals surface area contributed by atoms with Gasteiger partial charge in [0.15, 0.2) is 0 Å². The van der Waals surface area contributed by atoms with Crippen LogP contribution >= 0.6 is 0 Å². The van der Waals surface area contributed by atoms with Gasteiger partial charge < -0.3 is 15.7 Å². The Hall–Kier alpha value is -2.61. The first-order chi connectivity index (χ1) is 13.7. The predicted octanol–water partition coefficient (Wildman–Crippen LogP) is 1.52. The van der Waals surface area contributed by atoms with Gasteiger partial charge in [-0.15, -0.1) is 0 Å². The second-order valence-electron chi connectivity index (χ2n) is 8.45. The number of amides is 4. The van der Waals surface area contributed by atoms with Gasteiger partial charge >= 0.3 is 6.03 Å². The Morgan fingerprint density at radius 3 is 2.52 bits per heavy atom. The molecule has 0 bridgehead atoms. The van der Waals surface area contributed by atoms with E-state index in [1.807, 2.05) is 12.1 Å². The summed E-state index contributed by atoms with van der Waals surface area (Å²) in [6.07, 6.45) is 1.83. The third-order valence-corrected chi connectivity index (χ3v) is 5.87. The molecule has 2 heterocycles. The molecule has 0 atom stereocenters. The Labute approximate surface area is 171 Å². The monoisotopic (exact) mass is 402 g/mol. The normalized spacial score (nSPS) is 19.6. The average molecular weight is 402 g/mol. The minimum atomic E-state index is -0.892. The van der Waals surface area contributed by atoms with Crippen LogP contribution in [0.2, 0.25) is 0 Å². The molecule has 3 N–H and O–H groups in total. The van der Waals surface area contributed by atoms with Gasteiger partial charge in [0.1, 0.15) is 17.8 Å². The largest absolute Gasteiger partial charge is 0.508 e. The van der Waals surface area contributed by atoms with Crippen LogP contribution in [0.4, 0.5) is 4.79 Å². The molecule has 0 unspecified atom stereocenters. The van der Waals surface area contributed by atoms with E-state index in [4.69, 9.17) is 5.73 Å². The molecule has 158 valence electrons. The molecule has 2 aliphatic rings. The molecule has 1 aromatic rings. The van der Waals surface area contributed by atoms with Crippen molar-refractivity contribution in [1.29, 1.82) is 0 Å². The van der Waals surface area contributed by atoms with Gasteiger partial charge in [0.05, 0.1) is 0 Å². The van der Waals surface area contributed by atoms with Crippen LogP contribution in [0, 0.1) is 5.92 Å². The highest BCUT2D eigenvalue weighted by Crippen LogP contribution is 2.38. The summed E-state index contributed by atoms with van der Waals surface area (Å²) in [6.45, 7) is 6.25. The first-order valence-electron chi connectivity index (χ1n) is 10.1. The second kappa shape index (κ2) is 8.41. The highest BCUT2D eigenvalue weighted by atomic mass is 16.3. The summed E-state index contributed by atoms with van der Waals surface area (Å²) in [5, 5.41) is 9.66. The van der Waals surface area contributed by atoms with E-state index >= 15 is 0 Å². The number of phenolic OH excluding ortho intramolecular Hbond substituents is 1. The number of piperidine rings is 1.